The summed E-state index contributed by atoms with van der Waals surface area (Å²) >= 11 is 0. The Kier molecular flexibility index (Phi) is 6.46. The summed E-state index contributed by atoms with van der Waals surface area (Å²) in [6.45, 7) is -0.710. The second-order valence-electron chi connectivity index (χ2n) is 6.29. The molecule has 1 N–H and O–H groups in total. The standard InChI is InChI=1S/C22H15FN2O6/c23-18-11-10-15(12-19(18)25(29)30)24-20(26)13-31-22(28)17-9-5-4-8-16(17)21(27)14-6-2-1-3-7-14/h1-12H,13H2,(H,24,26). The van der Waals surface area contributed by atoms with Gasteiger partial charge < -0.3 is 10.1 Å². The fourth-order valence-corrected chi connectivity index (χ4v) is 2.74. The second kappa shape index (κ2) is 9.40. The summed E-state index contributed by atoms with van der Waals surface area (Å²) in [5, 5.41) is 13.1. The van der Waals surface area contributed by atoms with E-state index in [1.54, 1.807) is 42.5 Å². The SMILES string of the molecule is O=C(COC(=O)c1ccccc1C(=O)c1ccccc1)Nc1ccc(F)c([N+](=O)[O-])c1. The van der Waals surface area contributed by atoms with E-state index in [0.29, 0.717) is 5.56 Å². The van der Waals surface area contributed by atoms with Crippen LogP contribution in [-0.2, 0) is 9.53 Å². The van der Waals surface area contributed by atoms with Crippen molar-refractivity contribution < 1.29 is 28.4 Å². The zero-order chi connectivity index (χ0) is 22.4. The lowest BCUT2D eigenvalue weighted by Crippen LogP contribution is -2.22. The fraction of sp³-hybridized carbons (Fsp3) is 0.0455. The van der Waals surface area contributed by atoms with Crippen molar-refractivity contribution in [3.63, 3.8) is 0 Å². The normalized spacial score (nSPS) is 10.2. The Morgan fingerprint density at radius 1 is 0.935 bits per heavy atom. The number of carbonyl (C=O) groups is 3. The third-order valence-electron chi connectivity index (χ3n) is 4.19. The zero-order valence-electron chi connectivity index (χ0n) is 15.9. The van der Waals surface area contributed by atoms with E-state index in [1.165, 1.54) is 12.1 Å². The highest BCUT2D eigenvalue weighted by Crippen LogP contribution is 2.21. The summed E-state index contributed by atoms with van der Waals surface area (Å²) in [5.41, 5.74) is -0.342. The molecular weight excluding hydrogens is 407 g/mol. The number of halogens is 1. The molecule has 0 aromatic heterocycles. The van der Waals surface area contributed by atoms with Gasteiger partial charge >= 0.3 is 11.7 Å². The molecule has 0 aliphatic heterocycles. The quantitative estimate of drug-likeness (QED) is 0.268. The van der Waals surface area contributed by atoms with Crippen LogP contribution in [0.3, 0.4) is 0 Å². The molecule has 0 aliphatic rings. The minimum Gasteiger partial charge on any atom is -0.452 e. The van der Waals surface area contributed by atoms with E-state index in [-0.39, 0.29) is 22.6 Å². The van der Waals surface area contributed by atoms with Crippen molar-refractivity contribution in [1.82, 2.24) is 0 Å². The number of nitro groups is 1. The first-order valence-electron chi connectivity index (χ1n) is 8.96. The van der Waals surface area contributed by atoms with Gasteiger partial charge in [0.1, 0.15) is 0 Å². The van der Waals surface area contributed by atoms with Crippen LogP contribution in [-0.4, -0.2) is 29.2 Å². The number of hydrogen-bond acceptors (Lipinski definition) is 6. The molecule has 0 fully saturated rings. The predicted octanol–water partition coefficient (Wildman–Crippen LogP) is 3.76. The van der Waals surface area contributed by atoms with Gasteiger partial charge in [0.05, 0.1) is 10.5 Å². The molecule has 1 amide bonds. The molecule has 31 heavy (non-hydrogen) atoms. The van der Waals surface area contributed by atoms with E-state index in [0.717, 1.165) is 18.2 Å². The zero-order valence-corrected chi connectivity index (χ0v) is 15.9. The third kappa shape index (κ3) is 5.15. The molecule has 0 bridgehead atoms. The maximum Gasteiger partial charge on any atom is 0.339 e. The molecular formula is C22H15FN2O6. The lowest BCUT2D eigenvalue weighted by Gasteiger charge is -2.10. The molecule has 3 aromatic carbocycles. The van der Waals surface area contributed by atoms with E-state index in [9.17, 15) is 28.9 Å². The number of nitrogens with one attached hydrogen (secondary N) is 1. The van der Waals surface area contributed by atoms with Crippen molar-refractivity contribution in [2.45, 2.75) is 0 Å². The van der Waals surface area contributed by atoms with Crippen molar-refractivity contribution in [1.29, 1.82) is 0 Å². The van der Waals surface area contributed by atoms with E-state index >= 15 is 0 Å². The predicted molar refractivity (Wildman–Crippen MR) is 108 cm³/mol. The van der Waals surface area contributed by atoms with Crippen LogP contribution < -0.4 is 5.32 Å². The number of esters is 1. The number of benzene rings is 3. The first-order valence-corrected chi connectivity index (χ1v) is 8.96. The van der Waals surface area contributed by atoms with Gasteiger partial charge in [0.25, 0.3) is 5.91 Å². The Labute approximate surface area is 175 Å². The van der Waals surface area contributed by atoms with Crippen molar-refractivity contribution in [2.24, 2.45) is 0 Å². The van der Waals surface area contributed by atoms with Gasteiger partial charge in [-0.05, 0) is 18.2 Å². The van der Waals surface area contributed by atoms with Crippen molar-refractivity contribution in [2.75, 3.05) is 11.9 Å². The maximum atomic E-state index is 13.4. The molecule has 0 heterocycles. The van der Waals surface area contributed by atoms with Gasteiger partial charge in [0.15, 0.2) is 12.4 Å². The van der Waals surface area contributed by atoms with Gasteiger partial charge in [-0.3, -0.25) is 19.7 Å². The average molecular weight is 422 g/mol. The number of nitrogens with zero attached hydrogens (tertiary/aromatic N) is 1. The summed E-state index contributed by atoms with van der Waals surface area (Å²) in [6, 6.07) is 17.2. The molecule has 156 valence electrons. The fourth-order valence-electron chi connectivity index (χ4n) is 2.74. The molecule has 9 heteroatoms. The summed E-state index contributed by atoms with van der Waals surface area (Å²) in [5.74, 6) is -3.11. The van der Waals surface area contributed by atoms with Gasteiger partial charge in [-0.1, -0.05) is 48.5 Å². The van der Waals surface area contributed by atoms with E-state index in [4.69, 9.17) is 4.74 Å². The Hall–Kier alpha value is -4.40. The van der Waals surface area contributed by atoms with Crippen LogP contribution in [0.2, 0.25) is 0 Å². The Bertz CT molecular complexity index is 1160. The molecule has 0 aliphatic carbocycles. The smallest absolute Gasteiger partial charge is 0.339 e. The van der Waals surface area contributed by atoms with Crippen molar-refractivity contribution in [3.05, 3.63) is 105 Å². The Morgan fingerprint density at radius 2 is 1.58 bits per heavy atom. The molecule has 0 atom stereocenters. The van der Waals surface area contributed by atoms with Crippen molar-refractivity contribution in [3.8, 4) is 0 Å². The van der Waals surface area contributed by atoms with Crippen LogP contribution in [0.1, 0.15) is 26.3 Å². The minimum atomic E-state index is -1.05. The van der Waals surface area contributed by atoms with Gasteiger partial charge in [-0.2, -0.15) is 4.39 Å². The monoisotopic (exact) mass is 422 g/mol. The molecule has 8 nitrogen and oxygen atoms in total. The Balaban J connectivity index is 1.68. The highest BCUT2D eigenvalue weighted by molar-refractivity contribution is 6.14. The maximum absolute atomic E-state index is 13.4. The number of carbonyl (C=O) groups excluding carboxylic acids is 3. The number of hydrogen-bond donors (Lipinski definition) is 1. The third-order valence-corrected chi connectivity index (χ3v) is 4.19. The number of rotatable bonds is 7. The van der Waals surface area contributed by atoms with Crippen molar-refractivity contribution >= 4 is 29.0 Å². The summed E-state index contributed by atoms with van der Waals surface area (Å²) in [6.07, 6.45) is 0. The number of anilines is 1. The van der Waals surface area contributed by atoms with Crippen LogP contribution in [0, 0.1) is 15.9 Å². The minimum absolute atomic E-state index is 0.0124. The summed E-state index contributed by atoms with van der Waals surface area (Å²) < 4.78 is 18.4. The number of ketones is 1. The summed E-state index contributed by atoms with van der Waals surface area (Å²) in [4.78, 5) is 47.0. The lowest BCUT2D eigenvalue weighted by molar-refractivity contribution is -0.387. The van der Waals surface area contributed by atoms with E-state index in [2.05, 4.69) is 5.32 Å². The highest BCUT2D eigenvalue weighted by atomic mass is 19.1. The molecule has 3 aromatic rings. The van der Waals surface area contributed by atoms with E-state index in [1.807, 2.05) is 0 Å². The van der Waals surface area contributed by atoms with E-state index < -0.39 is 34.9 Å². The lowest BCUT2D eigenvalue weighted by atomic mass is 9.98. The molecule has 0 saturated carbocycles. The van der Waals surface area contributed by atoms with Crippen LogP contribution >= 0.6 is 0 Å². The van der Waals surface area contributed by atoms with Crippen LogP contribution in [0.4, 0.5) is 15.8 Å². The number of ether oxygens (including phenoxy) is 1. The molecule has 0 unspecified atom stereocenters. The first kappa shape index (κ1) is 21.3. The van der Waals surface area contributed by atoms with Gasteiger partial charge in [-0.15, -0.1) is 0 Å². The number of nitro benzene ring substituents is 1. The van der Waals surface area contributed by atoms with Crippen LogP contribution in [0.15, 0.2) is 72.8 Å². The highest BCUT2D eigenvalue weighted by Gasteiger charge is 2.20. The molecule has 0 spiro atoms. The second-order valence-corrected chi connectivity index (χ2v) is 6.29. The van der Waals surface area contributed by atoms with Gasteiger partial charge in [0.2, 0.25) is 5.82 Å². The van der Waals surface area contributed by atoms with Crippen LogP contribution in [0.5, 0.6) is 0 Å². The Morgan fingerprint density at radius 3 is 2.26 bits per heavy atom. The van der Waals surface area contributed by atoms with Gasteiger partial charge in [-0.25, -0.2) is 4.79 Å². The molecule has 0 radical (unpaired) electrons. The average Bonchev–Trinajstić information content (AvgIpc) is 2.78. The van der Waals surface area contributed by atoms with Gasteiger partial charge in [0, 0.05) is 22.9 Å². The van der Waals surface area contributed by atoms with Crippen LogP contribution in [0.25, 0.3) is 0 Å². The molecule has 3 rings (SSSR count). The first-order chi connectivity index (χ1) is 14.9. The largest absolute Gasteiger partial charge is 0.452 e. The molecule has 0 saturated heterocycles. The topological polar surface area (TPSA) is 116 Å². The number of amides is 1. The summed E-state index contributed by atoms with van der Waals surface area (Å²) in [7, 11) is 0.